The van der Waals surface area contributed by atoms with Crippen LogP contribution >= 0.6 is 0 Å². The first-order chi connectivity index (χ1) is 17.1. The Morgan fingerprint density at radius 1 is 1.14 bits per heavy atom. The summed E-state index contributed by atoms with van der Waals surface area (Å²) in [4.78, 5) is 13.3. The highest BCUT2D eigenvalue weighted by Crippen LogP contribution is 2.38. The highest BCUT2D eigenvalue weighted by molar-refractivity contribution is 6.01. The predicted octanol–water partition coefficient (Wildman–Crippen LogP) is 7.67. The normalized spacial score (nSPS) is 20.5. The Morgan fingerprint density at radius 3 is 2.83 bits per heavy atom. The molecule has 0 aromatic heterocycles. The molecular weight excluding hydrogens is 428 g/mol. The van der Waals surface area contributed by atoms with Gasteiger partial charge in [0, 0.05) is 23.1 Å². The molecule has 1 saturated carbocycles. The molecule has 3 nitrogen and oxygen atoms in total. The summed E-state index contributed by atoms with van der Waals surface area (Å²) in [5.41, 5.74) is 6.41. The first-order valence-corrected chi connectivity index (χ1v) is 12.8. The molecule has 2 atom stereocenters. The number of para-hydroxylation sites is 1. The van der Waals surface area contributed by atoms with Crippen LogP contribution in [0.25, 0.3) is 11.6 Å². The van der Waals surface area contributed by atoms with Crippen LogP contribution in [0.3, 0.4) is 0 Å². The molecule has 0 saturated heterocycles. The first-order valence-electron chi connectivity index (χ1n) is 12.8. The van der Waals surface area contributed by atoms with E-state index in [0.717, 1.165) is 47.6 Å². The molecular formula is C32H33N2O+. The summed E-state index contributed by atoms with van der Waals surface area (Å²) in [5.74, 6) is 5.16. The maximum atomic E-state index is 13.3. The highest BCUT2D eigenvalue weighted by Gasteiger charge is 2.33. The van der Waals surface area contributed by atoms with Gasteiger partial charge in [0.1, 0.15) is 11.4 Å². The fourth-order valence-corrected chi connectivity index (χ4v) is 5.56. The molecule has 2 unspecified atom stereocenters. The SMILES string of the molecule is C=C(Nc1ccccc1)[N+]1=C=Cc2cc(C3=CC=C(C(=O)C4CCCC4CCC)C=CC3)ccc21. The Balaban J connectivity index is 1.32. The fraction of sp³-hybridized carbons (Fsp3) is 0.281. The van der Waals surface area contributed by atoms with Crippen LogP contribution in [0.4, 0.5) is 11.4 Å². The molecule has 1 N–H and O–H groups in total. The number of Topliss-reactive ketones (excluding diaryl/α,β-unsaturated/α-hetero) is 1. The third-order valence-corrected chi connectivity index (χ3v) is 7.36. The number of allylic oxidation sites excluding steroid dienone is 6. The number of hydrogen-bond donors (Lipinski definition) is 1. The number of fused-ring (bicyclic) bond motifs is 1. The van der Waals surface area contributed by atoms with E-state index < -0.39 is 0 Å². The molecule has 1 aliphatic heterocycles. The van der Waals surface area contributed by atoms with Gasteiger partial charge in [-0.2, -0.15) is 4.58 Å². The van der Waals surface area contributed by atoms with Gasteiger partial charge in [0.05, 0.1) is 5.87 Å². The van der Waals surface area contributed by atoms with Crippen LogP contribution in [0, 0.1) is 11.8 Å². The van der Waals surface area contributed by atoms with Crippen LogP contribution < -0.4 is 5.32 Å². The number of benzene rings is 2. The van der Waals surface area contributed by atoms with Crippen LogP contribution in [0.5, 0.6) is 0 Å². The molecule has 35 heavy (non-hydrogen) atoms. The minimum atomic E-state index is 0.199. The van der Waals surface area contributed by atoms with Gasteiger partial charge >= 0.3 is 0 Å². The van der Waals surface area contributed by atoms with Crippen LogP contribution in [-0.4, -0.2) is 16.2 Å². The molecule has 0 spiro atoms. The minimum Gasteiger partial charge on any atom is -0.294 e. The van der Waals surface area contributed by atoms with E-state index in [4.69, 9.17) is 0 Å². The number of nitrogens with one attached hydrogen (secondary N) is 1. The standard InChI is InChI=1S/C32H33N2O/c1-3-9-25-11-8-15-30(25)32(35)26-12-7-10-24(16-17-26)27-18-19-31-28(22-27)20-21-34(31)23(2)33-29-13-5-4-6-14-29/h4-7,12-14,16-20,22,25,30,33H,2-3,8-11,15H2,1H3/q+1. The number of ketones is 1. The number of hydrogen-bond acceptors (Lipinski definition) is 2. The van der Waals surface area contributed by atoms with E-state index in [1.54, 1.807) is 0 Å². The molecule has 3 aliphatic rings. The lowest BCUT2D eigenvalue weighted by atomic mass is 9.85. The minimum absolute atomic E-state index is 0.199. The van der Waals surface area contributed by atoms with Crippen molar-refractivity contribution in [2.75, 3.05) is 5.32 Å². The average Bonchev–Trinajstić information content (AvgIpc) is 3.44. The molecule has 2 aromatic carbocycles. The van der Waals surface area contributed by atoms with Crippen molar-refractivity contribution < 1.29 is 9.37 Å². The van der Waals surface area contributed by atoms with Gasteiger partial charge in [0.2, 0.25) is 0 Å². The van der Waals surface area contributed by atoms with Crippen molar-refractivity contribution in [3.05, 3.63) is 102 Å². The fourth-order valence-electron chi connectivity index (χ4n) is 5.56. The molecule has 1 fully saturated rings. The number of carbonyl (C=O) groups is 1. The third kappa shape index (κ3) is 4.92. The topological polar surface area (TPSA) is 32.1 Å². The highest BCUT2D eigenvalue weighted by atomic mass is 16.1. The summed E-state index contributed by atoms with van der Waals surface area (Å²) in [6.07, 6.45) is 16.9. The van der Waals surface area contributed by atoms with Gasteiger partial charge in [-0.1, -0.05) is 74.8 Å². The molecule has 0 bridgehead atoms. The molecule has 2 aliphatic carbocycles. The lowest BCUT2D eigenvalue weighted by molar-refractivity contribution is -0.370. The van der Waals surface area contributed by atoms with E-state index >= 15 is 0 Å². The number of nitrogens with zero attached hydrogens (tertiary/aromatic N) is 1. The molecule has 0 radical (unpaired) electrons. The summed E-state index contributed by atoms with van der Waals surface area (Å²) >= 11 is 0. The van der Waals surface area contributed by atoms with E-state index in [-0.39, 0.29) is 5.92 Å². The summed E-state index contributed by atoms with van der Waals surface area (Å²) in [6, 6.07) is 16.5. The maximum absolute atomic E-state index is 13.3. The zero-order valence-corrected chi connectivity index (χ0v) is 20.5. The second kappa shape index (κ2) is 10.3. The number of carbonyl (C=O) groups excluding carboxylic acids is 1. The second-order valence-electron chi connectivity index (χ2n) is 9.69. The van der Waals surface area contributed by atoms with Crippen molar-refractivity contribution >= 4 is 34.7 Å². The van der Waals surface area contributed by atoms with Crippen LogP contribution in [0.15, 0.2) is 90.8 Å². The predicted molar refractivity (Wildman–Crippen MR) is 146 cm³/mol. The Morgan fingerprint density at radius 2 is 2.00 bits per heavy atom. The van der Waals surface area contributed by atoms with Crippen molar-refractivity contribution in [1.82, 2.24) is 0 Å². The smallest absolute Gasteiger partial charge is 0.285 e. The summed E-state index contributed by atoms with van der Waals surface area (Å²) in [5, 5.41) is 3.35. The Labute approximate surface area is 208 Å². The van der Waals surface area contributed by atoms with E-state index in [1.165, 1.54) is 30.4 Å². The third-order valence-electron chi connectivity index (χ3n) is 7.36. The van der Waals surface area contributed by atoms with Gasteiger partial charge < -0.3 is 0 Å². The summed E-state index contributed by atoms with van der Waals surface area (Å²) < 4.78 is 1.96. The van der Waals surface area contributed by atoms with Gasteiger partial charge in [-0.3, -0.25) is 4.79 Å². The van der Waals surface area contributed by atoms with Gasteiger partial charge in [-0.25, -0.2) is 5.32 Å². The molecule has 2 aromatic rings. The van der Waals surface area contributed by atoms with Crippen molar-refractivity contribution in [1.29, 1.82) is 0 Å². The Bertz CT molecular complexity index is 1300. The van der Waals surface area contributed by atoms with Crippen molar-refractivity contribution in [2.24, 2.45) is 11.8 Å². The van der Waals surface area contributed by atoms with Crippen LogP contribution in [0.1, 0.15) is 56.6 Å². The largest absolute Gasteiger partial charge is 0.294 e. The van der Waals surface area contributed by atoms with E-state index in [2.05, 4.69) is 55.0 Å². The quantitative estimate of drug-likeness (QED) is 0.409. The van der Waals surface area contributed by atoms with E-state index in [0.29, 0.717) is 11.7 Å². The monoisotopic (exact) mass is 461 g/mol. The maximum Gasteiger partial charge on any atom is 0.285 e. The van der Waals surface area contributed by atoms with Crippen molar-refractivity contribution in [3.63, 3.8) is 0 Å². The molecule has 176 valence electrons. The van der Waals surface area contributed by atoms with Gasteiger partial charge in [-0.15, -0.1) is 0 Å². The molecule has 3 heteroatoms. The van der Waals surface area contributed by atoms with Gasteiger partial charge in [-0.05, 0) is 67.2 Å². The molecule has 1 heterocycles. The average molecular weight is 462 g/mol. The number of rotatable bonds is 8. The Hall–Kier alpha value is -3.68. The first kappa shape index (κ1) is 23.1. The van der Waals surface area contributed by atoms with E-state index in [1.807, 2.05) is 53.1 Å². The van der Waals surface area contributed by atoms with Crippen LogP contribution in [-0.2, 0) is 4.79 Å². The second-order valence-corrected chi connectivity index (χ2v) is 9.69. The Kier molecular flexibility index (Phi) is 6.79. The van der Waals surface area contributed by atoms with Crippen molar-refractivity contribution in [2.45, 2.75) is 45.4 Å². The van der Waals surface area contributed by atoms with E-state index in [9.17, 15) is 4.79 Å². The number of anilines is 1. The zero-order valence-electron chi connectivity index (χ0n) is 20.5. The lowest BCUT2D eigenvalue weighted by Crippen LogP contribution is -2.20. The molecule has 0 amide bonds. The van der Waals surface area contributed by atoms with Crippen LogP contribution in [0.2, 0.25) is 0 Å². The van der Waals surface area contributed by atoms with Gasteiger partial charge in [0.15, 0.2) is 5.78 Å². The zero-order chi connectivity index (χ0) is 24.2. The van der Waals surface area contributed by atoms with Gasteiger partial charge in [0.25, 0.3) is 5.82 Å². The summed E-state index contributed by atoms with van der Waals surface area (Å²) in [6.45, 7) is 6.42. The molecule has 5 rings (SSSR count). The van der Waals surface area contributed by atoms with Crippen molar-refractivity contribution in [3.8, 4) is 0 Å². The summed E-state index contributed by atoms with van der Waals surface area (Å²) in [7, 11) is 0. The lowest BCUT2D eigenvalue weighted by Gasteiger charge is -2.18.